The van der Waals surface area contributed by atoms with Gasteiger partial charge in [0, 0.05) is 5.02 Å². The van der Waals surface area contributed by atoms with E-state index in [1.807, 2.05) is 19.0 Å². The van der Waals surface area contributed by atoms with E-state index in [0.29, 0.717) is 17.9 Å². The van der Waals surface area contributed by atoms with Gasteiger partial charge < -0.3 is 4.90 Å². The summed E-state index contributed by atoms with van der Waals surface area (Å²) in [6, 6.07) is 3.73. The molecule has 0 fully saturated rings. The Morgan fingerprint density at radius 1 is 1.24 bits per heavy atom. The molecule has 0 aliphatic rings. The van der Waals surface area contributed by atoms with E-state index in [1.165, 1.54) is 12.1 Å². The van der Waals surface area contributed by atoms with Crippen molar-refractivity contribution in [2.24, 2.45) is 0 Å². The Kier molecular flexibility index (Phi) is 4.83. The van der Waals surface area contributed by atoms with Crippen LogP contribution in [0.3, 0.4) is 0 Å². The van der Waals surface area contributed by atoms with Crippen LogP contribution in [0.4, 0.5) is 13.2 Å². The van der Waals surface area contributed by atoms with Crippen molar-refractivity contribution >= 4 is 11.6 Å². The third-order valence-electron chi connectivity index (χ3n) is 2.42. The van der Waals surface area contributed by atoms with Crippen molar-refractivity contribution in [1.29, 1.82) is 0 Å². The zero-order valence-corrected chi connectivity index (χ0v) is 10.6. The molecule has 0 bridgehead atoms. The van der Waals surface area contributed by atoms with E-state index in [4.69, 9.17) is 11.6 Å². The Morgan fingerprint density at radius 2 is 1.88 bits per heavy atom. The minimum absolute atomic E-state index is 0.270. The van der Waals surface area contributed by atoms with Gasteiger partial charge in [0.15, 0.2) is 0 Å². The van der Waals surface area contributed by atoms with Gasteiger partial charge in [-0.25, -0.2) is 0 Å². The molecule has 0 unspecified atom stereocenters. The third kappa shape index (κ3) is 4.56. The standard InChI is InChI=1S/C12H15ClF3N/c1-17(2)7-3-4-9-8-10(13)5-6-11(9)12(14,15)16/h5-6,8H,3-4,7H2,1-2H3. The largest absolute Gasteiger partial charge is 0.416 e. The first-order valence-corrected chi connectivity index (χ1v) is 5.69. The second-order valence-electron chi connectivity index (χ2n) is 4.21. The molecule has 1 nitrogen and oxygen atoms in total. The molecule has 1 rings (SSSR count). The van der Waals surface area contributed by atoms with E-state index < -0.39 is 11.7 Å². The van der Waals surface area contributed by atoms with Gasteiger partial charge in [-0.2, -0.15) is 13.2 Å². The quantitative estimate of drug-likeness (QED) is 0.799. The summed E-state index contributed by atoms with van der Waals surface area (Å²) in [6.45, 7) is 0.754. The Hall–Kier alpha value is -0.740. The summed E-state index contributed by atoms with van der Waals surface area (Å²) in [5, 5.41) is 0.345. The Morgan fingerprint density at radius 3 is 2.41 bits per heavy atom. The predicted octanol–water partition coefficient (Wildman–Crippen LogP) is 3.85. The van der Waals surface area contributed by atoms with Crippen molar-refractivity contribution < 1.29 is 13.2 Å². The maximum Gasteiger partial charge on any atom is 0.416 e. The highest BCUT2D eigenvalue weighted by Gasteiger charge is 2.32. The highest BCUT2D eigenvalue weighted by atomic mass is 35.5. The van der Waals surface area contributed by atoms with Gasteiger partial charge in [-0.05, 0) is 57.2 Å². The number of hydrogen-bond donors (Lipinski definition) is 0. The molecule has 96 valence electrons. The molecule has 1 aromatic rings. The van der Waals surface area contributed by atoms with Gasteiger partial charge in [0.1, 0.15) is 0 Å². The minimum atomic E-state index is -4.31. The molecule has 0 atom stereocenters. The van der Waals surface area contributed by atoms with E-state index in [-0.39, 0.29) is 5.56 Å². The zero-order valence-electron chi connectivity index (χ0n) is 9.81. The van der Waals surface area contributed by atoms with Gasteiger partial charge in [0.25, 0.3) is 0 Å². The summed E-state index contributed by atoms with van der Waals surface area (Å²) >= 11 is 5.73. The smallest absolute Gasteiger partial charge is 0.309 e. The van der Waals surface area contributed by atoms with Crippen LogP contribution < -0.4 is 0 Å². The van der Waals surface area contributed by atoms with E-state index in [2.05, 4.69) is 0 Å². The maximum absolute atomic E-state index is 12.7. The number of benzene rings is 1. The molecular weight excluding hydrogens is 251 g/mol. The molecule has 5 heteroatoms. The third-order valence-corrected chi connectivity index (χ3v) is 2.66. The second kappa shape index (κ2) is 5.74. The zero-order chi connectivity index (χ0) is 13.1. The fraction of sp³-hybridized carbons (Fsp3) is 0.500. The topological polar surface area (TPSA) is 3.24 Å². The summed E-state index contributed by atoms with van der Waals surface area (Å²) in [5.74, 6) is 0. The van der Waals surface area contributed by atoms with Crippen molar-refractivity contribution in [1.82, 2.24) is 4.90 Å². The summed E-state index contributed by atoms with van der Waals surface area (Å²) in [6.07, 6.45) is -3.25. The Labute approximate surface area is 104 Å². The van der Waals surface area contributed by atoms with Crippen molar-refractivity contribution in [2.75, 3.05) is 20.6 Å². The highest BCUT2D eigenvalue weighted by Crippen LogP contribution is 2.33. The SMILES string of the molecule is CN(C)CCCc1cc(Cl)ccc1C(F)(F)F. The fourth-order valence-corrected chi connectivity index (χ4v) is 1.83. The van der Waals surface area contributed by atoms with Crippen LogP contribution in [0.1, 0.15) is 17.5 Å². The normalized spacial score (nSPS) is 12.2. The molecular formula is C12H15ClF3N. The number of hydrogen-bond acceptors (Lipinski definition) is 1. The van der Waals surface area contributed by atoms with Crippen molar-refractivity contribution in [3.05, 3.63) is 34.3 Å². The van der Waals surface area contributed by atoms with Crippen LogP contribution in [-0.4, -0.2) is 25.5 Å². The molecule has 0 saturated carbocycles. The number of nitrogens with zero attached hydrogens (tertiary/aromatic N) is 1. The average Bonchev–Trinajstić information content (AvgIpc) is 2.15. The van der Waals surface area contributed by atoms with Gasteiger partial charge in [-0.3, -0.25) is 0 Å². The van der Waals surface area contributed by atoms with Crippen LogP contribution in [0.15, 0.2) is 18.2 Å². The monoisotopic (exact) mass is 265 g/mol. The minimum Gasteiger partial charge on any atom is -0.309 e. The second-order valence-corrected chi connectivity index (χ2v) is 4.64. The number of alkyl halides is 3. The number of halogens is 4. The molecule has 0 heterocycles. The predicted molar refractivity (Wildman–Crippen MR) is 63.3 cm³/mol. The van der Waals surface area contributed by atoms with Crippen LogP contribution in [0.25, 0.3) is 0 Å². The first-order chi connectivity index (χ1) is 7.80. The summed E-state index contributed by atoms with van der Waals surface area (Å²) in [4.78, 5) is 1.94. The van der Waals surface area contributed by atoms with Gasteiger partial charge in [0.05, 0.1) is 5.56 Å². The lowest BCUT2D eigenvalue weighted by Crippen LogP contribution is -2.15. The fourth-order valence-electron chi connectivity index (χ4n) is 1.63. The summed E-state index contributed by atoms with van der Waals surface area (Å²) in [7, 11) is 3.78. The molecule has 0 aliphatic heterocycles. The van der Waals surface area contributed by atoms with Crippen LogP contribution in [0, 0.1) is 0 Å². The van der Waals surface area contributed by atoms with Gasteiger partial charge in [0.2, 0.25) is 0 Å². The molecule has 0 aromatic heterocycles. The van der Waals surface area contributed by atoms with Crippen LogP contribution in [0.5, 0.6) is 0 Å². The first-order valence-electron chi connectivity index (χ1n) is 5.31. The lowest BCUT2D eigenvalue weighted by molar-refractivity contribution is -0.138. The first kappa shape index (κ1) is 14.3. The summed E-state index contributed by atoms with van der Waals surface area (Å²) in [5.41, 5.74) is -0.312. The number of aryl methyl sites for hydroxylation is 1. The Bertz CT molecular complexity index is 375. The van der Waals surface area contributed by atoms with Crippen LogP contribution >= 0.6 is 11.6 Å². The van der Waals surface area contributed by atoms with Gasteiger partial charge in [-0.15, -0.1) is 0 Å². The van der Waals surface area contributed by atoms with Gasteiger partial charge in [-0.1, -0.05) is 11.6 Å². The lowest BCUT2D eigenvalue weighted by Gasteiger charge is -2.14. The molecule has 0 spiro atoms. The Balaban J connectivity index is 2.84. The van der Waals surface area contributed by atoms with E-state index in [0.717, 1.165) is 12.6 Å². The molecule has 17 heavy (non-hydrogen) atoms. The molecule has 1 aromatic carbocycles. The van der Waals surface area contributed by atoms with Crippen LogP contribution in [-0.2, 0) is 12.6 Å². The average molecular weight is 266 g/mol. The van der Waals surface area contributed by atoms with E-state index in [9.17, 15) is 13.2 Å². The number of rotatable bonds is 4. The molecule has 0 N–H and O–H groups in total. The molecule has 0 amide bonds. The summed E-state index contributed by atoms with van der Waals surface area (Å²) < 4.78 is 38.1. The lowest BCUT2D eigenvalue weighted by atomic mass is 10.0. The molecule has 0 saturated heterocycles. The van der Waals surface area contributed by atoms with Crippen molar-refractivity contribution in [3.8, 4) is 0 Å². The highest BCUT2D eigenvalue weighted by molar-refractivity contribution is 6.30. The van der Waals surface area contributed by atoms with E-state index in [1.54, 1.807) is 0 Å². The van der Waals surface area contributed by atoms with Gasteiger partial charge >= 0.3 is 6.18 Å². The van der Waals surface area contributed by atoms with Crippen LogP contribution in [0.2, 0.25) is 5.02 Å². The molecule has 0 radical (unpaired) electrons. The maximum atomic E-state index is 12.7. The van der Waals surface area contributed by atoms with Crippen molar-refractivity contribution in [2.45, 2.75) is 19.0 Å². The van der Waals surface area contributed by atoms with E-state index >= 15 is 0 Å². The molecule has 0 aliphatic carbocycles. The van der Waals surface area contributed by atoms with Crippen molar-refractivity contribution in [3.63, 3.8) is 0 Å².